The minimum absolute atomic E-state index is 0.270. The Morgan fingerprint density at radius 3 is 2.36 bits per heavy atom. The van der Waals surface area contributed by atoms with E-state index in [2.05, 4.69) is 34.1 Å². The van der Waals surface area contributed by atoms with E-state index >= 15 is 0 Å². The van der Waals surface area contributed by atoms with Gasteiger partial charge in [-0.2, -0.15) is 0 Å². The lowest BCUT2D eigenvalue weighted by Gasteiger charge is -2.22. The van der Waals surface area contributed by atoms with E-state index in [1.165, 1.54) is 32.8 Å². The lowest BCUT2D eigenvalue weighted by molar-refractivity contribution is 0.0600. The number of rotatable bonds is 11. The van der Waals surface area contributed by atoms with Gasteiger partial charge < -0.3 is 20.3 Å². The first-order valence-corrected chi connectivity index (χ1v) is 9.06. The fourth-order valence-corrected chi connectivity index (χ4v) is 2.44. The summed E-state index contributed by atoms with van der Waals surface area (Å²) in [6, 6.07) is 6.42. The fourth-order valence-electron chi connectivity index (χ4n) is 2.44. The Labute approximate surface area is 150 Å². The minimum atomic E-state index is -0.424. The molecule has 0 spiro atoms. The van der Waals surface area contributed by atoms with Crippen molar-refractivity contribution in [1.29, 1.82) is 0 Å². The van der Waals surface area contributed by atoms with Gasteiger partial charge in [-0.05, 0) is 44.1 Å². The number of methoxy groups -OCH3 is 1. The smallest absolute Gasteiger partial charge is 0.337 e. The summed E-state index contributed by atoms with van der Waals surface area (Å²) >= 11 is 0. The van der Waals surface area contributed by atoms with Crippen LogP contribution in [0.2, 0.25) is 0 Å². The van der Waals surface area contributed by atoms with Crippen LogP contribution in [0.1, 0.15) is 49.9 Å². The summed E-state index contributed by atoms with van der Waals surface area (Å²) in [4.78, 5) is 25.9. The average molecular weight is 349 g/mol. The molecule has 0 aliphatic carbocycles. The van der Waals surface area contributed by atoms with E-state index in [1.54, 1.807) is 24.3 Å². The molecule has 0 saturated carbocycles. The van der Waals surface area contributed by atoms with Crippen molar-refractivity contribution >= 4 is 17.7 Å². The molecular formula is C19H31N3O3. The lowest BCUT2D eigenvalue weighted by Crippen LogP contribution is -2.37. The number of urea groups is 1. The maximum absolute atomic E-state index is 12.0. The molecule has 2 N–H and O–H groups in total. The SMILES string of the molecule is CCCCN(CCCC)CCNC(=O)Nc1cccc(C(=O)OC)c1. The van der Waals surface area contributed by atoms with Crippen molar-refractivity contribution in [3.05, 3.63) is 29.8 Å². The van der Waals surface area contributed by atoms with Gasteiger partial charge in [0.05, 0.1) is 12.7 Å². The highest BCUT2D eigenvalue weighted by molar-refractivity contribution is 5.93. The maximum atomic E-state index is 12.0. The Kier molecular flexibility index (Phi) is 10.3. The van der Waals surface area contributed by atoms with Gasteiger partial charge >= 0.3 is 12.0 Å². The molecule has 6 heteroatoms. The quantitative estimate of drug-likeness (QED) is 0.600. The third-order valence-corrected chi connectivity index (χ3v) is 3.91. The molecule has 25 heavy (non-hydrogen) atoms. The van der Waals surface area contributed by atoms with Crippen LogP contribution in [0.3, 0.4) is 0 Å². The molecule has 1 rings (SSSR count). The molecule has 0 bridgehead atoms. The highest BCUT2D eigenvalue weighted by atomic mass is 16.5. The number of carbonyl (C=O) groups is 2. The van der Waals surface area contributed by atoms with Gasteiger partial charge in [-0.25, -0.2) is 9.59 Å². The number of hydrogen-bond acceptors (Lipinski definition) is 4. The summed E-state index contributed by atoms with van der Waals surface area (Å²) < 4.78 is 4.68. The predicted molar refractivity (Wildman–Crippen MR) is 101 cm³/mol. The van der Waals surface area contributed by atoms with Crippen molar-refractivity contribution < 1.29 is 14.3 Å². The van der Waals surface area contributed by atoms with Gasteiger partial charge in [0.2, 0.25) is 0 Å². The van der Waals surface area contributed by atoms with Gasteiger partial charge in [0.25, 0.3) is 0 Å². The molecule has 140 valence electrons. The Bertz CT molecular complexity index is 526. The number of nitrogens with one attached hydrogen (secondary N) is 2. The van der Waals surface area contributed by atoms with Crippen molar-refractivity contribution in [2.24, 2.45) is 0 Å². The standard InChI is InChI=1S/C19H31N3O3/c1-4-6-12-22(13-7-5-2)14-11-20-19(24)21-17-10-8-9-16(15-17)18(23)25-3/h8-10,15H,4-7,11-14H2,1-3H3,(H2,20,21,24). The molecule has 0 radical (unpaired) electrons. The molecule has 0 saturated heterocycles. The molecule has 0 aliphatic heterocycles. The van der Waals surface area contributed by atoms with Crippen molar-refractivity contribution in [1.82, 2.24) is 10.2 Å². The first-order valence-electron chi connectivity index (χ1n) is 9.06. The zero-order chi connectivity index (χ0) is 18.5. The number of ether oxygens (including phenoxy) is 1. The average Bonchev–Trinajstić information content (AvgIpc) is 2.63. The van der Waals surface area contributed by atoms with Crippen LogP contribution in [0.25, 0.3) is 0 Å². The number of anilines is 1. The highest BCUT2D eigenvalue weighted by Gasteiger charge is 2.08. The van der Waals surface area contributed by atoms with Crippen LogP contribution in [0.15, 0.2) is 24.3 Å². The van der Waals surface area contributed by atoms with Crippen molar-refractivity contribution in [2.75, 3.05) is 38.6 Å². The third kappa shape index (κ3) is 8.54. The van der Waals surface area contributed by atoms with Crippen molar-refractivity contribution in [2.45, 2.75) is 39.5 Å². The Hall–Kier alpha value is -2.08. The van der Waals surface area contributed by atoms with Crippen LogP contribution in [-0.2, 0) is 4.74 Å². The van der Waals surface area contributed by atoms with E-state index in [-0.39, 0.29) is 6.03 Å². The molecule has 2 amide bonds. The van der Waals surface area contributed by atoms with Crippen LogP contribution >= 0.6 is 0 Å². The highest BCUT2D eigenvalue weighted by Crippen LogP contribution is 2.11. The zero-order valence-electron chi connectivity index (χ0n) is 15.6. The molecule has 0 heterocycles. The van der Waals surface area contributed by atoms with E-state index in [1.807, 2.05) is 0 Å². The van der Waals surface area contributed by atoms with Crippen LogP contribution in [0, 0.1) is 0 Å². The lowest BCUT2D eigenvalue weighted by atomic mass is 10.2. The number of esters is 1. The van der Waals surface area contributed by atoms with E-state index in [0.29, 0.717) is 17.8 Å². The number of nitrogens with zero attached hydrogens (tertiary/aromatic N) is 1. The van der Waals surface area contributed by atoms with Crippen molar-refractivity contribution in [3.8, 4) is 0 Å². The molecule has 1 aromatic rings. The summed E-state index contributed by atoms with van der Waals surface area (Å²) in [6.07, 6.45) is 4.70. The molecule has 6 nitrogen and oxygen atoms in total. The van der Waals surface area contributed by atoms with Crippen LogP contribution < -0.4 is 10.6 Å². The van der Waals surface area contributed by atoms with Gasteiger partial charge in [0.15, 0.2) is 0 Å². The monoisotopic (exact) mass is 349 g/mol. The van der Waals surface area contributed by atoms with Crippen LogP contribution in [0.5, 0.6) is 0 Å². The normalized spacial score (nSPS) is 10.6. The molecule has 0 atom stereocenters. The summed E-state index contributed by atoms with van der Waals surface area (Å²) in [5.74, 6) is -0.424. The Morgan fingerprint density at radius 1 is 1.08 bits per heavy atom. The first-order chi connectivity index (χ1) is 12.1. The van der Waals surface area contributed by atoms with E-state index in [4.69, 9.17) is 0 Å². The summed E-state index contributed by atoms with van der Waals surface area (Å²) in [6.45, 7) is 7.95. The maximum Gasteiger partial charge on any atom is 0.337 e. The van der Waals surface area contributed by atoms with Gasteiger partial charge in [0, 0.05) is 18.8 Å². The Morgan fingerprint density at radius 2 is 1.76 bits per heavy atom. The van der Waals surface area contributed by atoms with Crippen LogP contribution in [0.4, 0.5) is 10.5 Å². The second-order valence-electron chi connectivity index (χ2n) is 6.00. The van der Waals surface area contributed by atoms with Crippen molar-refractivity contribution in [3.63, 3.8) is 0 Å². The predicted octanol–water partition coefficient (Wildman–Crippen LogP) is 3.50. The molecule has 0 unspecified atom stereocenters. The largest absolute Gasteiger partial charge is 0.465 e. The number of amides is 2. The molecule has 0 aliphatic rings. The molecule has 1 aromatic carbocycles. The molecule has 0 fully saturated rings. The summed E-state index contributed by atoms with van der Waals surface area (Å²) in [5, 5.41) is 5.61. The number of unbranched alkanes of at least 4 members (excludes halogenated alkanes) is 2. The Balaban J connectivity index is 2.41. The van der Waals surface area contributed by atoms with E-state index in [0.717, 1.165) is 19.6 Å². The number of carbonyl (C=O) groups excluding carboxylic acids is 2. The minimum Gasteiger partial charge on any atom is -0.465 e. The number of hydrogen-bond donors (Lipinski definition) is 2. The molecular weight excluding hydrogens is 318 g/mol. The summed E-state index contributed by atoms with van der Waals surface area (Å²) in [5.41, 5.74) is 0.972. The van der Waals surface area contributed by atoms with Gasteiger partial charge in [-0.15, -0.1) is 0 Å². The first kappa shape index (κ1) is 21.0. The number of benzene rings is 1. The topological polar surface area (TPSA) is 70.7 Å². The van der Waals surface area contributed by atoms with Gasteiger partial charge in [-0.1, -0.05) is 32.8 Å². The third-order valence-electron chi connectivity index (χ3n) is 3.91. The second-order valence-corrected chi connectivity index (χ2v) is 6.00. The summed E-state index contributed by atoms with van der Waals surface area (Å²) in [7, 11) is 1.33. The zero-order valence-corrected chi connectivity index (χ0v) is 15.6. The van der Waals surface area contributed by atoms with Gasteiger partial charge in [-0.3, -0.25) is 0 Å². The second kappa shape index (κ2) is 12.3. The van der Waals surface area contributed by atoms with Crippen LogP contribution in [-0.4, -0.2) is 50.2 Å². The van der Waals surface area contributed by atoms with E-state index in [9.17, 15) is 9.59 Å². The van der Waals surface area contributed by atoms with E-state index < -0.39 is 5.97 Å². The fraction of sp³-hybridized carbons (Fsp3) is 0.579. The van der Waals surface area contributed by atoms with Gasteiger partial charge in [0.1, 0.15) is 0 Å². The molecule has 0 aromatic heterocycles.